The Morgan fingerprint density at radius 2 is 1.85 bits per heavy atom. The highest BCUT2D eigenvalue weighted by atomic mass is 32.3. The van der Waals surface area contributed by atoms with Crippen LogP contribution in [0.4, 0.5) is 9.18 Å². The number of fused-ring (bicyclic) bond motifs is 1. The van der Waals surface area contributed by atoms with Crippen molar-refractivity contribution in [2.75, 3.05) is 32.2 Å². The standard InChI is InChI=1S/C22H25FN2O7S/c23-17-9-15(16-2-4-20-19(10-16)32-13-33(20,29)30)1-3-18(17)31-12-14-5-7-25(8-6-14)21(26)11-24-22(27)28/h1-4,9-10,14,24,29-30H,5-8,11-13H2,(H,27,28). The largest absolute Gasteiger partial charge is 0.490 e. The van der Waals surface area contributed by atoms with Gasteiger partial charge in [-0.3, -0.25) is 13.9 Å². The Bertz CT molecular complexity index is 1060. The van der Waals surface area contributed by atoms with Gasteiger partial charge in [-0.25, -0.2) is 9.18 Å². The molecule has 0 bridgehead atoms. The molecule has 2 aromatic carbocycles. The van der Waals surface area contributed by atoms with Crippen LogP contribution in [0.5, 0.6) is 11.5 Å². The molecule has 0 radical (unpaired) electrons. The number of hydrogen-bond donors (Lipinski definition) is 4. The molecule has 0 aliphatic carbocycles. The summed E-state index contributed by atoms with van der Waals surface area (Å²) in [6.07, 6.45) is 0.141. The second-order valence-corrected chi connectivity index (χ2v) is 10.0. The lowest BCUT2D eigenvalue weighted by Gasteiger charge is -2.31. The van der Waals surface area contributed by atoms with Gasteiger partial charge in [-0.1, -0.05) is 12.1 Å². The number of carbonyl (C=O) groups excluding carboxylic acids is 1. The molecule has 2 aromatic rings. The summed E-state index contributed by atoms with van der Waals surface area (Å²) in [6.45, 7) is 1.07. The first-order valence-corrected chi connectivity index (χ1v) is 12.1. The highest BCUT2D eigenvalue weighted by molar-refractivity contribution is 8.24. The van der Waals surface area contributed by atoms with Crippen LogP contribution in [0.25, 0.3) is 11.1 Å². The molecule has 4 N–H and O–H groups in total. The molecule has 0 atom stereocenters. The first-order valence-electron chi connectivity index (χ1n) is 10.4. The van der Waals surface area contributed by atoms with Crippen molar-refractivity contribution in [3.05, 3.63) is 42.2 Å². The summed E-state index contributed by atoms with van der Waals surface area (Å²) in [5.74, 6) is -0.259. The number of nitrogens with one attached hydrogen (secondary N) is 1. The second-order valence-electron chi connectivity index (χ2n) is 8.03. The van der Waals surface area contributed by atoms with Gasteiger partial charge < -0.3 is 24.8 Å². The van der Waals surface area contributed by atoms with Crippen molar-refractivity contribution in [3.63, 3.8) is 0 Å². The van der Waals surface area contributed by atoms with Crippen molar-refractivity contribution in [2.24, 2.45) is 5.92 Å². The number of likely N-dealkylation sites (tertiary alicyclic amines) is 1. The number of carboxylic acid groups (broad SMARTS) is 1. The van der Waals surface area contributed by atoms with Crippen molar-refractivity contribution < 1.29 is 37.7 Å². The third-order valence-electron chi connectivity index (χ3n) is 5.77. The number of piperidine rings is 1. The molecule has 9 nitrogen and oxygen atoms in total. The molecule has 1 fully saturated rings. The Hall–Kier alpha value is -3.02. The average molecular weight is 481 g/mol. The number of benzene rings is 2. The van der Waals surface area contributed by atoms with Gasteiger partial charge in [0, 0.05) is 13.1 Å². The molecule has 2 aliphatic heterocycles. The lowest BCUT2D eigenvalue weighted by molar-refractivity contribution is -0.131. The van der Waals surface area contributed by atoms with E-state index >= 15 is 0 Å². The SMILES string of the molecule is O=C(O)NCC(=O)N1CCC(COc2ccc(-c3ccc4c(c3)OCS4(O)O)cc2F)CC1. The zero-order chi connectivity index (χ0) is 23.6. The number of amides is 2. The molecule has 2 heterocycles. The summed E-state index contributed by atoms with van der Waals surface area (Å²) in [5, 5.41) is 10.7. The van der Waals surface area contributed by atoms with Gasteiger partial charge >= 0.3 is 6.09 Å². The number of rotatable bonds is 6. The minimum absolute atomic E-state index is 0.134. The van der Waals surface area contributed by atoms with E-state index in [1.807, 2.05) is 0 Å². The van der Waals surface area contributed by atoms with E-state index in [2.05, 4.69) is 5.32 Å². The second kappa shape index (κ2) is 9.46. The van der Waals surface area contributed by atoms with E-state index < -0.39 is 22.5 Å². The van der Waals surface area contributed by atoms with Crippen LogP contribution in [0.15, 0.2) is 41.3 Å². The number of ether oxygens (including phenoxy) is 2. The summed E-state index contributed by atoms with van der Waals surface area (Å²) in [4.78, 5) is 24.4. The topological polar surface area (TPSA) is 129 Å². The molecular formula is C22H25FN2O7S. The molecule has 1 saturated heterocycles. The van der Waals surface area contributed by atoms with Crippen molar-refractivity contribution in [1.82, 2.24) is 10.2 Å². The third-order valence-corrected chi connectivity index (χ3v) is 7.26. The predicted octanol–water partition coefficient (Wildman–Crippen LogP) is 3.84. The van der Waals surface area contributed by atoms with Crippen molar-refractivity contribution in [1.29, 1.82) is 0 Å². The maximum atomic E-state index is 14.7. The number of carbonyl (C=O) groups is 2. The lowest BCUT2D eigenvalue weighted by atomic mass is 9.97. The van der Waals surface area contributed by atoms with Crippen LogP contribution >= 0.6 is 10.6 Å². The van der Waals surface area contributed by atoms with Crippen LogP contribution in [0, 0.1) is 11.7 Å². The van der Waals surface area contributed by atoms with Gasteiger partial charge in [0.05, 0.1) is 6.61 Å². The first-order chi connectivity index (χ1) is 15.7. The Morgan fingerprint density at radius 3 is 2.55 bits per heavy atom. The smallest absolute Gasteiger partial charge is 0.405 e. The minimum atomic E-state index is -2.92. The van der Waals surface area contributed by atoms with E-state index in [9.17, 15) is 23.1 Å². The summed E-state index contributed by atoms with van der Waals surface area (Å²) in [7, 11) is -2.92. The van der Waals surface area contributed by atoms with Crippen LogP contribution in [-0.4, -0.2) is 63.3 Å². The predicted molar refractivity (Wildman–Crippen MR) is 119 cm³/mol. The van der Waals surface area contributed by atoms with Crippen LogP contribution in [0.3, 0.4) is 0 Å². The number of hydrogen-bond acceptors (Lipinski definition) is 6. The normalized spacial score (nSPS) is 18.2. The quantitative estimate of drug-likeness (QED) is 0.495. The maximum absolute atomic E-state index is 14.7. The van der Waals surface area contributed by atoms with E-state index in [4.69, 9.17) is 14.6 Å². The number of nitrogens with zero attached hydrogens (tertiary/aromatic N) is 1. The Morgan fingerprint density at radius 1 is 1.15 bits per heavy atom. The molecule has 2 amide bonds. The number of halogens is 1. The van der Waals surface area contributed by atoms with E-state index in [-0.39, 0.29) is 30.1 Å². The summed E-state index contributed by atoms with van der Waals surface area (Å²) in [6, 6.07) is 9.59. The molecule has 0 unspecified atom stereocenters. The fourth-order valence-electron chi connectivity index (χ4n) is 3.90. The van der Waals surface area contributed by atoms with Gasteiger partial charge in [-0.05, 0) is 54.2 Å². The Labute approximate surface area is 191 Å². The molecule has 0 spiro atoms. The fourth-order valence-corrected chi connectivity index (χ4v) is 5.04. The van der Waals surface area contributed by atoms with Gasteiger partial charge in [0.25, 0.3) is 0 Å². The lowest BCUT2D eigenvalue weighted by Crippen LogP contribution is -2.44. The molecule has 4 rings (SSSR count). The molecular weight excluding hydrogens is 455 g/mol. The Kier molecular flexibility index (Phi) is 6.63. The summed E-state index contributed by atoms with van der Waals surface area (Å²) < 4.78 is 45.6. The van der Waals surface area contributed by atoms with Crippen LogP contribution in [0.1, 0.15) is 12.8 Å². The minimum Gasteiger partial charge on any atom is -0.490 e. The monoisotopic (exact) mass is 480 g/mol. The van der Waals surface area contributed by atoms with Crippen molar-refractivity contribution in [3.8, 4) is 22.6 Å². The van der Waals surface area contributed by atoms with E-state index in [1.54, 1.807) is 35.2 Å². The zero-order valence-electron chi connectivity index (χ0n) is 17.7. The zero-order valence-corrected chi connectivity index (χ0v) is 18.5. The van der Waals surface area contributed by atoms with Gasteiger partial charge in [-0.2, -0.15) is 0 Å². The van der Waals surface area contributed by atoms with E-state index in [1.165, 1.54) is 6.07 Å². The van der Waals surface area contributed by atoms with E-state index in [0.717, 1.165) is 0 Å². The average Bonchev–Trinajstić information content (AvgIpc) is 3.11. The van der Waals surface area contributed by atoms with Gasteiger partial charge in [0.15, 0.2) is 17.5 Å². The molecule has 178 valence electrons. The van der Waals surface area contributed by atoms with Gasteiger partial charge in [0.2, 0.25) is 5.91 Å². The molecule has 0 aromatic heterocycles. The summed E-state index contributed by atoms with van der Waals surface area (Å²) in [5.41, 5.74) is 1.29. The van der Waals surface area contributed by atoms with Crippen LogP contribution in [-0.2, 0) is 4.79 Å². The molecule has 2 aliphatic rings. The first kappa shape index (κ1) is 23.1. The highest BCUT2D eigenvalue weighted by Gasteiger charge is 2.29. The van der Waals surface area contributed by atoms with Crippen LogP contribution in [0.2, 0.25) is 0 Å². The van der Waals surface area contributed by atoms with Crippen molar-refractivity contribution in [2.45, 2.75) is 17.7 Å². The molecule has 0 saturated carbocycles. The highest BCUT2D eigenvalue weighted by Crippen LogP contribution is 2.57. The molecule has 11 heteroatoms. The Balaban J connectivity index is 1.31. The maximum Gasteiger partial charge on any atom is 0.405 e. The van der Waals surface area contributed by atoms with Gasteiger partial charge in [-0.15, -0.1) is 10.6 Å². The van der Waals surface area contributed by atoms with Gasteiger partial charge in [0.1, 0.15) is 17.2 Å². The third kappa shape index (κ3) is 5.32. The van der Waals surface area contributed by atoms with Crippen molar-refractivity contribution >= 4 is 22.6 Å². The van der Waals surface area contributed by atoms with E-state index in [0.29, 0.717) is 54.3 Å². The molecule has 33 heavy (non-hydrogen) atoms. The fraction of sp³-hybridized carbons (Fsp3) is 0.364. The van der Waals surface area contributed by atoms with Crippen LogP contribution < -0.4 is 14.8 Å². The summed E-state index contributed by atoms with van der Waals surface area (Å²) >= 11 is 0.